The molecule has 0 radical (unpaired) electrons. The number of hydrogen-bond donors (Lipinski definition) is 2. The Kier molecular flexibility index (Phi) is 6.37. The van der Waals surface area contributed by atoms with Crippen molar-refractivity contribution in [1.29, 1.82) is 0 Å². The van der Waals surface area contributed by atoms with Crippen LogP contribution in [0.1, 0.15) is 31.0 Å². The Morgan fingerprint density at radius 1 is 0.917 bits per heavy atom. The molecule has 0 spiro atoms. The number of nitrogens with one attached hydrogen (secondary N) is 2. The van der Waals surface area contributed by atoms with E-state index < -0.39 is 12.1 Å². The minimum atomic E-state index is -0.681. The SMILES string of the molecule is C[C@H](NC(=O)OCc1ccccc1)C(=O)N[C@H](C)c1ccccc1. The zero-order valence-electron chi connectivity index (χ0n) is 13.9. The Balaban J connectivity index is 1.77. The predicted molar refractivity (Wildman–Crippen MR) is 92.2 cm³/mol. The largest absolute Gasteiger partial charge is 0.445 e. The van der Waals surface area contributed by atoms with Crippen molar-refractivity contribution in [2.24, 2.45) is 0 Å². The Morgan fingerprint density at radius 3 is 2.12 bits per heavy atom. The van der Waals surface area contributed by atoms with Gasteiger partial charge in [-0.3, -0.25) is 4.79 Å². The van der Waals surface area contributed by atoms with Crippen LogP contribution in [0.15, 0.2) is 60.7 Å². The molecule has 2 atom stereocenters. The maximum absolute atomic E-state index is 12.2. The lowest BCUT2D eigenvalue weighted by molar-refractivity contribution is -0.123. The van der Waals surface area contributed by atoms with Gasteiger partial charge < -0.3 is 15.4 Å². The minimum absolute atomic E-state index is 0.136. The molecule has 2 N–H and O–H groups in total. The lowest BCUT2D eigenvalue weighted by Gasteiger charge is -2.18. The van der Waals surface area contributed by atoms with E-state index in [2.05, 4.69) is 10.6 Å². The molecule has 2 rings (SSSR count). The van der Waals surface area contributed by atoms with Crippen molar-refractivity contribution in [2.45, 2.75) is 32.5 Å². The summed E-state index contributed by atoms with van der Waals surface area (Å²) in [5, 5.41) is 5.40. The zero-order chi connectivity index (χ0) is 17.4. The van der Waals surface area contributed by atoms with E-state index in [0.717, 1.165) is 11.1 Å². The van der Waals surface area contributed by atoms with Gasteiger partial charge in [0.05, 0.1) is 6.04 Å². The van der Waals surface area contributed by atoms with Crippen LogP contribution in [-0.4, -0.2) is 18.0 Å². The van der Waals surface area contributed by atoms with Crippen molar-refractivity contribution in [3.8, 4) is 0 Å². The number of rotatable bonds is 6. The molecule has 0 unspecified atom stereocenters. The first kappa shape index (κ1) is 17.5. The van der Waals surface area contributed by atoms with Crippen LogP contribution in [0.3, 0.4) is 0 Å². The maximum atomic E-state index is 12.2. The third-order valence-electron chi connectivity index (χ3n) is 3.60. The molecule has 0 aromatic heterocycles. The molecule has 2 amide bonds. The van der Waals surface area contributed by atoms with Crippen LogP contribution in [0, 0.1) is 0 Å². The van der Waals surface area contributed by atoms with Crippen molar-refractivity contribution < 1.29 is 14.3 Å². The van der Waals surface area contributed by atoms with E-state index in [1.807, 2.05) is 67.6 Å². The number of carbonyl (C=O) groups excluding carboxylic acids is 2. The van der Waals surface area contributed by atoms with E-state index >= 15 is 0 Å². The Labute approximate surface area is 142 Å². The highest BCUT2D eigenvalue weighted by molar-refractivity contribution is 5.85. The fourth-order valence-corrected chi connectivity index (χ4v) is 2.17. The summed E-state index contributed by atoms with van der Waals surface area (Å²) >= 11 is 0. The smallest absolute Gasteiger partial charge is 0.408 e. The molecule has 0 heterocycles. The van der Waals surface area contributed by atoms with E-state index in [1.54, 1.807) is 6.92 Å². The highest BCUT2D eigenvalue weighted by Gasteiger charge is 2.18. The average Bonchev–Trinajstić information content (AvgIpc) is 2.61. The van der Waals surface area contributed by atoms with E-state index in [0.29, 0.717) is 0 Å². The molecule has 0 aliphatic heterocycles. The molecule has 0 fully saturated rings. The van der Waals surface area contributed by atoms with Gasteiger partial charge in [-0.2, -0.15) is 0 Å². The summed E-state index contributed by atoms with van der Waals surface area (Å²) in [6, 6.07) is 18.2. The average molecular weight is 326 g/mol. The normalized spacial score (nSPS) is 12.8. The van der Waals surface area contributed by atoms with Crippen molar-refractivity contribution in [3.05, 3.63) is 71.8 Å². The van der Waals surface area contributed by atoms with Crippen LogP contribution >= 0.6 is 0 Å². The molecule has 0 aliphatic carbocycles. The second-order valence-electron chi connectivity index (χ2n) is 5.57. The van der Waals surface area contributed by atoms with Gasteiger partial charge in [0.15, 0.2) is 0 Å². The summed E-state index contributed by atoms with van der Waals surface area (Å²) < 4.78 is 5.11. The van der Waals surface area contributed by atoms with Crippen LogP contribution in [0.25, 0.3) is 0 Å². The van der Waals surface area contributed by atoms with Crippen LogP contribution in [0.4, 0.5) is 4.79 Å². The standard InChI is InChI=1S/C19H22N2O3/c1-14(17-11-7-4-8-12-17)20-18(22)15(2)21-19(23)24-13-16-9-5-3-6-10-16/h3-12,14-15H,13H2,1-2H3,(H,20,22)(H,21,23)/t14-,15+/m1/s1. The van der Waals surface area contributed by atoms with Gasteiger partial charge >= 0.3 is 6.09 Å². The van der Waals surface area contributed by atoms with E-state index in [9.17, 15) is 9.59 Å². The number of carbonyl (C=O) groups is 2. The molecule has 2 aromatic carbocycles. The molecule has 2 aromatic rings. The molecule has 126 valence electrons. The summed E-state index contributed by atoms with van der Waals surface area (Å²) in [4.78, 5) is 23.9. The third-order valence-corrected chi connectivity index (χ3v) is 3.60. The number of amides is 2. The first-order chi connectivity index (χ1) is 11.6. The topological polar surface area (TPSA) is 67.4 Å². The molecular formula is C19H22N2O3. The molecule has 5 heteroatoms. The van der Waals surface area contributed by atoms with Crippen molar-refractivity contribution in [3.63, 3.8) is 0 Å². The molecule has 24 heavy (non-hydrogen) atoms. The molecule has 0 saturated carbocycles. The van der Waals surface area contributed by atoms with Gasteiger partial charge in [0, 0.05) is 0 Å². The Hall–Kier alpha value is -2.82. The van der Waals surface area contributed by atoms with Crippen LogP contribution in [0.2, 0.25) is 0 Å². The summed E-state index contributed by atoms with van der Waals surface area (Å²) in [6.07, 6.45) is -0.617. The lowest BCUT2D eigenvalue weighted by Crippen LogP contribution is -2.45. The highest BCUT2D eigenvalue weighted by Crippen LogP contribution is 2.11. The first-order valence-corrected chi connectivity index (χ1v) is 7.89. The molecular weight excluding hydrogens is 304 g/mol. The fraction of sp³-hybridized carbons (Fsp3) is 0.263. The highest BCUT2D eigenvalue weighted by atomic mass is 16.5. The molecule has 0 bridgehead atoms. The summed E-state index contributed by atoms with van der Waals surface area (Å²) in [7, 11) is 0. The van der Waals surface area contributed by atoms with Crippen LogP contribution < -0.4 is 10.6 Å². The molecule has 0 saturated heterocycles. The van der Waals surface area contributed by atoms with Gasteiger partial charge in [-0.05, 0) is 25.0 Å². The predicted octanol–water partition coefficient (Wildman–Crippen LogP) is 3.18. The molecule has 0 aliphatic rings. The van der Waals surface area contributed by atoms with Gasteiger partial charge in [-0.25, -0.2) is 4.79 Å². The van der Waals surface area contributed by atoms with Gasteiger partial charge in [-0.15, -0.1) is 0 Å². The lowest BCUT2D eigenvalue weighted by atomic mass is 10.1. The maximum Gasteiger partial charge on any atom is 0.408 e. The van der Waals surface area contributed by atoms with Crippen molar-refractivity contribution >= 4 is 12.0 Å². The van der Waals surface area contributed by atoms with E-state index in [4.69, 9.17) is 4.74 Å². The van der Waals surface area contributed by atoms with Crippen LogP contribution in [0.5, 0.6) is 0 Å². The number of alkyl carbamates (subject to hydrolysis) is 1. The summed E-state index contributed by atoms with van der Waals surface area (Å²) in [6.45, 7) is 3.69. The number of ether oxygens (including phenoxy) is 1. The van der Waals surface area contributed by atoms with Gasteiger partial charge in [0.1, 0.15) is 12.6 Å². The number of benzene rings is 2. The Morgan fingerprint density at radius 2 is 1.50 bits per heavy atom. The Bertz CT molecular complexity index is 659. The zero-order valence-corrected chi connectivity index (χ0v) is 13.9. The van der Waals surface area contributed by atoms with Crippen molar-refractivity contribution in [2.75, 3.05) is 0 Å². The third kappa shape index (κ3) is 5.43. The van der Waals surface area contributed by atoms with Gasteiger partial charge in [-0.1, -0.05) is 60.7 Å². The summed E-state index contributed by atoms with van der Waals surface area (Å²) in [5.74, 6) is -0.261. The van der Waals surface area contributed by atoms with Gasteiger partial charge in [0.2, 0.25) is 5.91 Å². The van der Waals surface area contributed by atoms with Crippen LogP contribution in [-0.2, 0) is 16.1 Å². The second-order valence-corrected chi connectivity index (χ2v) is 5.57. The quantitative estimate of drug-likeness (QED) is 0.857. The monoisotopic (exact) mass is 326 g/mol. The summed E-state index contributed by atoms with van der Waals surface area (Å²) in [5.41, 5.74) is 1.90. The fourth-order valence-electron chi connectivity index (χ4n) is 2.17. The number of hydrogen-bond acceptors (Lipinski definition) is 3. The minimum Gasteiger partial charge on any atom is -0.445 e. The van der Waals surface area contributed by atoms with E-state index in [-0.39, 0.29) is 18.6 Å². The first-order valence-electron chi connectivity index (χ1n) is 7.89. The second kappa shape index (κ2) is 8.72. The van der Waals surface area contributed by atoms with Gasteiger partial charge in [0.25, 0.3) is 0 Å². The van der Waals surface area contributed by atoms with Crippen molar-refractivity contribution in [1.82, 2.24) is 10.6 Å². The molecule has 5 nitrogen and oxygen atoms in total. The van der Waals surface area contributed by atoms with E-state index in [1.165, 1.54) is 0 Å².